The molecule has 1 saturated heterocycles. The van der Waals surface area contributed by atoms with E-state index in [-0.39, 0.29) is 24.7 Å². The van der Waals surface area contributed by atoms with Crippen molar-refractivity contribution in [2.24, 2.45) is 0 Å². The Hall–Kier alpha value is -2.90. The van der Waals surface area contributed by atoms with Gasteiger partial charge in [-0.2, -0.15) is 0 Å². The van der Waals surface area contributed by atoms with E-state index in [1.807, 2.05) is 24.3 Å². The van der Waals surface area contributed by atoms with E-state index < -0.39 is 18.5 Å². The molecule has 0 aliphatic carbocycles. The Morgan fingerprint density at radius 1 is 1.00 bits per heavy atom. The molecular formula is C22H31N3O5. The zero-order valence-corrected chi connectivity index (χ0v) is 18.0. The van der Waals surface area contributed by atoms with Crippen molar-refractivity contribution in [3.63, 3.8) is 0 Å². The number of nitrogens with one attached hydrogen (secondary N) is 1. The van der Waals surface area contributed by atoms with Gasteiger partial charge in [-0.15, -0.1) is 0 Å². The van der Waals surface area contributed by atoms with E-state index in [2.05, 4.69) is 19.2 Å². The fraction of sp³-hybridized carbons (Fsp3) is 0.545. The molecule has 0 unspecified atom stereocenters. The van der Waals surface area contributed by atoms with Crippen molar-refractivity contribution >= 4 is 29.4 Å². The van der Waals surface area contributed by atoms with E-state index in [0.29, 0.717) is 37.8 Å². The summed E-state index contributed by atoms with van der Waals surface area (Å²) in [4.78, 5) is 50.7. The van der Waals surface area contributed by atoms with Gasteiger partial charge in [-0.05, 0) is 30.0 Å². The Labute approximate surface area is 177 Å². The first-order valence-corrected chi connectivity index (χ1v) is 10.4. The summed E-state index contributed by atoms with van der Waals surface area (Å²) in [6, 6.07) is 7.59. The molecule has 0 saturated carbocycles. The second-order valence-electron chi connectivity index (χ2n) is 7.53. The second kappa shape index (κ2) is 11.3. The average Bonchev–Trinajstić information content (AvgIpc) is 2.76. The zero-order chi connectivity index (χ0) is 22.1. The Morgan fingerprint density at radius 3 is 2.17 bits per heavy atom. The van der Waals surface area contributed by atoms with Gasteiger partial charge in [0.05, 0.1) is 6.42 Å². The molecule has 0 bridgehead atoms. The van der Waals surface area contributed by atoms with Gasteiger partial charge in [0.15, 0.2) is 6.61 Å². The van der Waals surface area contributed by atoms with Crippen LogP contribution in [0, 0.1) is 0 Å². The lowest BCUT2D eigenvalue weighted by atomic mass is 9.99. The molecule has 1 fully saturated rings. The number of hydrogen-bond donors (Lipinski definition) is 1. The molecule has 30 heavy (non-hydrogen) atoms. The summed E-state index contributed by atoms with van der Waals surface area (Å²) in [7, 11) is 0. The first-order chi connectivity index (χ1) is 14.3. The van der Waals surface area contributed by atoms with Crippen LogP contribution in [0.2, 0.25) is 0 Å². The molecule has 0 radical (unpaired) electrons. The largest absolute Gasteiger partial charge is 0.456 e. The first-order valence-electron chi connectivity index (χ1n) is 10.4. The van der Waals surface area contributed by atoms with Crippen molar-refractivity contribution in [1.82, 2.24) is 9.80 Å². The highest BCUT2D eigenvalue weighted by Crippen LogP contribution is 2.20. The molecule has 1 aliphatic rings. The van der Waals surface area contributed by atoms with Crippen LogP contribution in [0.1, 0.15) is 51.5 Å². The van der Waals surface area contributed by atoms with Crippen molar-refractivity contribution in [2.45, 2.75) is 46.0 Å². The van der Waals surface area contributed by atoms with Gasteiger partial charge in [-0.25, -0.2) is 0 Å². The Kier molecular flexibility index (Phi) is 8.83. The third-order valence-corrected chi connectivity index (χ3v) is 5.36. The minimum atomic E-state index is -0.590. The van der Waals surface area contributed by atoms with Crippen LogP contribution in [0.25, 0.3) is 0 Å². The molecule has 8 nitrogen and oxygen atoms in total. The Bertz CT molecular complexity index is 755. The molecule has 1 heterocycles. The number of carbonyl (C=O) groups excluding carboxylic acids is 4. The maximum atomic E-state index is 12.2. The van der Waals surface area contributed by atoms with Gasteiger partial charge in [0.25, 0.3) is 5.91 Å². The van der Waals surface area contributed by atoms with Crippen LogP contribution in [0.4, 0.5) is 5.69 Å². The third kappa shape index (κ3) is 7.17. The van der Waals surface area contributed by atoms with E-state index >= 15 is 0 Å². The lowest BCUT2D eigenvalue weighted by Gasteiger charge is -2.34. The minimum absolute atomic E-state index is 0.00425. The number of ether oxygens (including phenoxy) is 1. The van der Waals surface area contributed by atoms with Crippen molar-refractivity contribution in [2.75, 3.05) is 38.1 Å². The monoisotopic (exact) mass is 417 g/mol. The summed E-state index contributed by atoms with van der Waals surface area (Å²) < 4.78 is 4.97. The molecular weight excluding hydrogens is 386 g/mol. The van der Waals surface area contributed by atoms with Gasteiger partial charge in [0, 0.05) is 45.2 Å². The van der Waals surface area contributed by atoms with Crippen LogP contribution in [-0.4, -0.2) is 66.3 Å². The molecule has 3 amide bonds. The average molecular weight is 418 g/mol. The summed E-state index contributed by atoms with van der Waals surface area (Å²) in [6.45, 7) is 7.31. The molecule has 8 heteroatoms. The molecule has 2 rings (SSSR count). The predicted molar refractivity (Wildman–Crippen MR) is 113 cm³/mol. The standard InChI is InChI=1S/C22H31N3O5/c1-4-16(2)18-5-7-19(8-6-18)23-20(27)15-30-22(29)10-9-21(28)25-13-11-24(12-14-25)17(3)26/h5-8,16H,4,9-15H2,1-3H3,(H,23,27)/t16-/m0/s1. The zero-order valence-electron chi connectivity index (χ0n) is 18.0. The lowest BCUT2D eigenvalue weighted by molar-refractivity contribution is -0.149. The first kappa shape index (κ1) is 23.4. The number of nitrogens with zero attached hydrogens (tertiary/aromatic N) is 2. The van der Waals surface area contributed by atoms with Crippen LogP contribution in [-0.2, 0) is 23.9 Å². The van der Waals surface area contributed by atoms with E-state index in [1.165, 1.54) is 12.5 Å². The molecule has 164 valence electrons. The number of carbonyl (C=O) groups is 4. The van der Waals surface area contributed by atoms with Crippen molar-refractivity contribution < 1.29 is 23.9 Å². The number of hydrogen-bond acceptors (Lipinski definition) is 5. The van der Waals surface area contributed by atoms with Crippen LogP contribution < -0.4 is 5.32 Å². The third-order valence-electron chi connectivity index (χ3n) is 5.36. The summed E-state index contributed by atoms with van der Waals surface area (Å²) in [6.07, 6.45) is 0.985. The van der Waals surface area contributed by atoms with E-state index in [1.54, 1.807) is 9.80 Å². The quantitative estimate of drug-likeness (QED) is 0.654. The molecule has 1 N–H and O–H groups in total. The van der Waals surface area contributed by atoms with Gasteiger partial charge in [0.1, 0.15) is 0 Å². The summed E-state index contributed by atoms with van der Waals surface area (Å²) in [5.41, 5.74) is 1.84. The van der Waals surface area contributed by atoms with Crippen LogP contribution in [0.15, 0.2) is 24.3 Å². The fourth-order valence-electron chi connectivity index (χ4n) is 3.18. The smallest absolute Gasteiger partial charge is 0.306 e. The number of anilines is 1. The molecule has 1 aromatic carbocycles. The highest BCUT2D eigenvalue weighted by molar-refractivity contribution is 5.93. The number of rotatable bonds is 8. The number of piperazine rings is 1. The van der Waals surface area contributed by atoms with Gasteiger partial charge >= 0.3 is 5.97 Å². The molecule has 1 aliphatic heterocycles. The van der Waals surface area contributed by atoms with Crippen LogP contribution >= 0.6 is 0 Å². The summed E-state index contributed by atoms with van der Waals surface area (Å²) in [5, 5.41) is 2.69. The second-order valence-corrected chi connectivity index (χ2v) is 7.53. The molecule has 1 aromatic rings. The maximum Gasteiger partial charge on any atom is 0.306 e. The summed E-state index contributed by atoms with van der Waals surface area (Å²) >= 11 is 0. The van der Waals surface area contributed by atoms with Crippen molar-refractivity contribution in [3.8, 4) is 0 Å². The Morgan fingerprint density at radius 2 is 1.60 bits per heavy atom. The van der Waals surface area contributed by atoms with Gasteiger partial charge in [-0.3, -0.25) is 19.2 Å². The normalized spacial score (nSPS) is 14.8. The van der Waals surface area contributed by atoms with Gasteiger partial charge in [0.2, 0.25) is 11.8 Å². The number of amides is 3. The van der Waals surface area contributed by atoms with Crippen LogP contribution in [0.3, 0.4) is 0 Å². The highest BCUT2D eigenvalue weighted by Gasteiger charge is 2.22. The van der Waals surface area contributed by atoms with Crippen LogP contribution in [0.5, 0.6) is 0 Å². The number of esters is 1. The summed E-state index contributed by atoms with van der Waals surface area (Å²) in [5.74, 6) is -0.716. The van der Waals surface area contributed by atoms with Gasteiger partial charge < -0.3 is 19.9 Å². The van der Waals surface area contributed by atoms with Crippen molar-refractivity contribution in [1.29, 1.82) is 0 Å². The SMILES string of the molecule is CC[C@H](C)c1ccc(NC(=O)COC(=O)CCC(=O)N2CCN(C(C)=O)CC2)cc1. The molecule has 0 spiro atoms. The minimum Gasteiger partial charge on any atom is -0.456 e. The van der Waals surface area contributed by atoms with E-state index in [4.69, 9.17) is 4.74 Å². The fourth-order valence-corrected chi connectivity index (χ4v) is 3.18. The lowest BCUT2D eigenvalue weighted by Crippen LogP contribution is -2.50. The number of benzene rings is 1. The van der Waals surface area contributed by atoms with Crippen molar-refractivity contribution in [3.05, 3.63) is 29.8 Å². The van der Waals surface area contributed by atoms with Gasteiger partial charge in [-0.1, -0.05) is 26.0 Å². The molecule has 0 aromatic heterocycles. The maximum absolute atomic E-state index is 12.2. The van der Waals surface area contributed by atoms with E-state index in [0.717, 1.165) is 6.42 Å². The van der Waals surface area contributed by atoms with E-state index in [9.17, 15) is 19.2 Å². The topological polar surface area (TPSA) is 96.0 Å². The predicted octanol–water partition coefficient (Wildman–Crippen LogP) is 2.15. The molecule has 1 atom stereocenters. The highest BCUT2D eigenvalue weighted by atomic mass is 16.5. The Balaban J connectivity index is 1.66.